The third-order valence-electron chi connectivity index (χ3n) is 12.4. The number of hydrogen-bond acceptors (Lipinski definition) is 3. The Hall–Kier alpha value is -1.42. The molecule has 7 unspecified atom stereocenters. The van der Waals surface area contributed by atoms with E-state index in [1.165, 1.54) is 49.7 Å². The fourth-order valence-electron chi connectivity index (χ4n) is 9.87. The first-order chi connectivity index (χ1) is 19.5. The number of allylic oxidation sites excluding steroid dienone is 3. The zero-order valence-electron chi connectivity index (χ0n) is 26.6. The molecule has 1 heterocycles. The smallest absolute Gasteiger partial charge is 0.169 e. The van der Waals surface area contributed by atoms with Crippen molar-refractivity contribution in [2.75, 3.05) is 13.2 Å². The van der Waals surface area contributed by atoms with E-state index >= 15 is 0 Å². The van der Waals surface area contributed by atoms with Gasteiger partial charge in [0.2, 0.25) is 0 Å². The van der Waals surface area contributed by atoms with E-state index in [1.54, 1.807) is 11.1 Å². The average molecular weight is 561 g/mol. The fraction of sp³-hybridized carbons (Fsp3) is 0.737. The zero-order chi connectivity index (χ0) is 29.0. The minimum absolute atomic E-state index is 0.0143. The van der Waals surface area contributed by atoms with Gasteiger partial charge in [0.15, 0.2) is 5.79 Å². The Labute approximate surface area is 250 Å². The van der Waals surface area contributed by atoms with Crippen LogP contribution in [0, 0.1) is 28.6 Å². The van der Waals surface area contributed by atoms with Crippen LogP contribution in [0.1, 0.15) is 129 Å². The van der Waals surface area contributed by atoms with Crippen LogP contribution in [0.25, 0.3) is 0 Å². The van der Waals surface area contributed by atoms with Gasteiger partial charge < -0.3 is 14.6 Å². The molecular formula is C38H56O3. The Bertz CT molecular complexity index is 1140. The van der Waals surface area contributed by atoms with Gasteiger partial charge in [0.05, 0.1) is 19.3 Å². The highest BCUT2D eigenvalue weighted by Crippen LogP contribution is 2.65. The van der Waals surface area contributed by atoms with E-state index in [-0.39, 0.29) is 28.1 Å². The summed E-state index contributed by atoms with van der Waals surface area (Å²) in [5.74, 6) is 1.82. The predicted octanol–water partition coefficient (Wildman–Crippen LogP) is 9.25. The first kappa shape index (κ1) is 29.6. The molecule has 1 N–H and O–H groups in total. The molecule has 1 saturated heterocycles. The van der Waals surface area contributed by atoms with Gasteiger partial charge in [-0.3, -0.25) is 0 Å². The van der Waals surface area contributed by atoms with Crippen LogP contribution in [0.5, 0.6) is 0 Å². The first-order valence-electron chi connectivity index (χ1n) is 16.9. The summed E-state index contributed by atoms with van der Waals surface area (Å²) in [6.45, 7) is 17.3. The van der Waals surface area contributed by atoms with Crippen LogP contribution in [0.15, 0.2) is 48.1 Å². The Kier molecular flexibility index (Phi) is 7.91. The summed E-state index contributed by atoms with van der Waals surface area (Å²) in [6, 6.07) is 9.75. The summed E-state index contributed by atoms with van der Waals surface area (Å²) in [5.41, 5.74) is 6.67. The lowest BCUT2D eigenvalue weighted by Crippen LogP contribution is -2.52. The van der Waals surface area contributed by atoms with Gasteiger partial charge in [0.1, 0.15) is 0 Å². The molecule has 4 fully saturated rings. The lowest BCUT2D eigenvalue weighted by Gasteiger charge is -2.55. The molecule has 0 radical (unpaired) electrons. The van der Waals surface area contributed by atoms with E-state index in [0.717, 1.165) is 51.7 Å². The normalized spacial score (nSPS) is 37.2. The second-order valence-electron chi connectivity index (χ2n) is 16.0. The molecule has 4 aliphatic carbocycles. The number of unbranched alkanes of at least 4 members (excludes halogenated alkanes) is 1. The van der Waals surface area contributed by atoms with E-state index in [1.807, 2.05) is 0 Å². The number of ether oxygens (including phenoxy) is 2. The van der Waals surface area contributed by atoms with Crippen molar-refractivity contribution in [1.29, 1.82) is 0 Å². The van der Waals surface area contributed by atoms with Gasteiger partial charge >= 0.3 is 0 Å². The molecule has 0 bridgehead atoms. The molecule has 1 aromatic carbocycles. The van der Waals surface area contributed by atoms with Gasteiger partial charge in [-0.05, 0) is 91.1 Å². The highest BCUT2D eigenvalue weighted by atomic mass is 16.7. The molecule has 41 heavy (non-hydrogen) atoms. The molecule has 0 aromatic heterocycles. The van der Waals surface area contributed by atoms with Gasteiger partial charge in [-0.25, -0.2) is 0 Å². The van der Waals surface area contributed by atoms with E-state index in [0.29, 0.717) is 23.7 Å². The van der Waals surface area contributed by atoms with Gasteiger partial charge in [-0.2, -0.15) is 0 Å². The topological polar surface area (TPSA) is 38.7 Å². The zero-order valence-corrected chi connectivity index (χ0v) is 26.6. The monoisotopic (exact) mass is 560 g/mol. The summed E-state index contributed by atoms with van der Waals surface area (Å²) in [7, 11) is 0. The van der Waals surface area contributed by atoms with Crippen molar-refractivity contribution in [3.8, 4) is 0 Å². The maximum Gasteiger partial charge on any atom is 0.169 e. The van der Waals surface area contributed by atoms with Crippen LogP contribution >= 0.6 is 0 Å². The molecule has 5 aliphatic rings. The van der Waals surface area contributed by atoms with E-state index in [4.69, 9.17) is 9.47 Å². The lowest BCUT2D eigenvalue weighted by atomic mass is 9.52. The van der Waals surface area contributed by atoms with Crippen molar-refractivity contribution in [3.05, 3.63) is 59.2 Å². The number of aliphatic hydroxyl groups excluding tert-OH is 1. The second-order valence-corrected chi connectivity index (χ2v) is 16.0. The third-order valence-corrected chi connectivity index (χ3v) is 12.4. The third kappa shape index (κ3) is 5.21. The van der Waals surface area contributed by atoms with Gasteiger partial charge in [-0.1, -0.05) is 88.9 Å². The van der Waals surface area contributed by atoms with Crippen LogP contribution in [0.4, 0.5) is 0 Å². The van der Waals surface area contributed by atoms with Crippen LogP contribution in [0.2, 0.25) is 0 Å². The highest BCUT2D eigenvalue weighted by Gasteiger charge is 2.57. The van der Waals surface area contributed by atoms with Gasteiger partial charge in [-0.15, -0.1) is 6.58 Å². The molecule has 3 saturated carbocycles. The number of rotatable bonds is 7. The lowest BCUT2D eigenvalue weighted by molar-refractivity contribution is -0.312. The van der Waals surface area contributed by atoms with E-state index in [2.05, 4.69) is 71.5 Å². The van der Waals surface area contributed by atoms with Crippen molar-refractivity contribution in [2.45, 2.75) is 135 Å². The Balaban J connectivity index is 1.34. The SMILES string of the molecule is C=CCC(C)(CCCC)c1ccc(C2CC3(C)C(O)CCC3C3CCC4CC5(CCC4=C23)OCC(C)(C)CO5)cc1. The molecule has 1 aliphatic heterocycles. The van der Waals surface area contributed by atoms with Gasteiger partial charge in [0, 0.05) is 24.2 Å². The number of hydrogen-bond donors (Lipinski definition) is 1. The summed E-state index contributed by atoms with van der Waals surface area (Å²) in [4.78, 5) is 0. The van der Waals surface area contributed by atoms with E-state index in [9.17, 15) is 5.11 Å². The largest absolute Gasteiger partial charge is 0.393 e. The number of fused-ring (bicyclic) bond motifs is 4. The second kappa shape index (κ2) is 10.9. The maximum atomic E-state index is 11.3. The van der Waals surface area contributed by atoms with Crippen molar-refractivity contribution < 1.29 is 14.6 Å². The maximum absolute atomic E-state index is 11.3. The molecular weight excluding hydrogens is 504 g/mol. The minimum atomic E-state index is -0.380. The molecule has 1 aromatic rings. The van der Waals surface area contributed by atoms with Crippen LogP contribution in [-0.2, 0) is 14.9 Å². The first-order valence-corrected chi connectivity index (χ1v) is 16.9. The Morgan fingerprint density at radius 2 is 1.76 bits per heavy atom. The fourth-order valence-corrected chi connectivity index (χ4v) is 9.87. The average Bonchev–Trinajstić information content (AvgIpc) is 3.27. The molecule has 3 nitrogen and oxygen atoms in total. The summed E-state index contributed by atoms with van der Waals surface area (Å²) < 4.78 is 13.1. The Morgan fingerprint density at radius 3 is 2.44 bits per heavy atom. The van der Waals surface area contributed by atoms with Crippen LogP contribution in [-0.4, -0.2) is 30.2 Å². The van der Waals surface area contributed by atoms with E-state index < -0.39 is 0 Å². The molecule has 0 amide bonds. The van der Waals surface area contributed by atoms with Crippen LogP contribution in [0.3, 0.4) is 0 Å². The summed E-state index contributed by atoms with van der Waals surface area (Å²) in [6.07, 6.45) is 15.4. The molecule has 226 valence electrons. The highest BCUT2D eigenvalue weighted by molar-refractivity contribution is 5.42. The predicted molar refractivity (Wildman–Crippen MR) is 168 cm³/mol. The van der Waals surface area contributed by atoms with Gasteiger partial charge in [0.25, 0.3) is 0 Å². The quantitative estimate of drug-likeness (QED) is 0.338. The molecule has 1 spiro atoms. The van der Waals surface area contributed by atoms with Crippen molar-refractivity contribution in [3.63, 3.8) is 0 Å². The minimum Gasteiger partial charge on any atom is -0.393 e. The Morgan fingerprint density at radius 1 is 1.02 bits per heavy atom. The summed E-state index contributed by atoms with van der Waals surface area (Å²) in [5, 5.41) is 11.3. The van der Waals surface area contributed by atoms with Crippen molar-refractivity contribution in [2.24, 2.45) is 28.6 Å². The molecule has 6 rings (SSSR count). The van der Waals surface area contributed by atoms with Crippen molar-refractivity contribution >= 4 is 0 Å². The standard InChI is InChI=1S/C38H56O3/c1-7-9-20-36(5,19-8-2)28-13-10-26(11-14-28)31-23-37(6)32(16-17-33(37)39)30-15-12-27-22-38(21-18-29(27)34(30)31)40-24-35(3,4)25-41-38/h8,10-11,13-14,27,30-33,39H,2,7,9,12,15-25H2,1,3-6H3. The van der Waals surface area contributed by atoms with Crippen molar-refractivity contribution in [1.82, 2.24) is 0 Å². The summed E-state index contributed by atoms with van der Waals surface area (Å²) >= 11 is 0. The number of benzene rings is 1. The number of aliphatic hydroxyl groups is 1. The molecule has 7 atom stereocenters. The molecule has 3 heteroatoms. The van der Waals surface area contributed by atoms with Crippen LogP contribution < -0.4 is 0 Å².